The Bertz CT molecular complexity index is 886. The van der Waals surface area contributed by atoms with Gasteiger partial charge in [-0.3, -0.25) is 4.79 Å². The largest absolute Gasteiger partial charge is 0.348 e. The molecule has 0 aliphatic heterocycles. The van der Waals surface area contributed by atoms with E-state index >= 15 is 0 Å². The van der Waals surface area contributed by atoms with Crippen LogP contribution in [-0.4, -0.2) is 15.7 Å². The highest BCUT2D eigenvalue weighted by molar-refractivity contribution is 9.10. The molecule has 5 heteroatoms. The van der Waals surface area contributed by atoms with Crippen molar-refractivity contribution in [2.45, 2.75) is 20.4 Å². The van der Waals surface area contributed by atoms with Crippen LogP contribution in [0.5, 0.6) is 0 Å². The Morgan fingerprint density at radius 3 is 2.71 bits per heavy atom. The summed E-state index contributed by atoms with van der Waals surface area (Å²) < 4.78 is 2.81. The number of nitrogens with zero attached hydrogens (tertiary/aromatic N) is 2. The van der Waals surface area contributed by atoms with Gasteiger partial charge in [0.25, 0.3) is 5.91 Å². The van der Waals surface area contributed by atoms with Crippen molar-refractivity contribution in [3.63, 3.8) is 0 Å². The summed E-state index contributed by atoms with van der Waals surface area (Å²) in [7, 11) is 0. The van der Waals surface area contributed by atoms with Crippen LogP contribution in [0.4, 0.5) is 0 Å². The summed E-state index contributed by atoms with van der Waals surface area (Å²) in [5, 5.41) is 7.33. The number of halogens is 1. The highest BCUT2D eigenvalue weighted by Gasteiger charge is 2.15. The maximum absolute atomic E-state index is 12.5. The van der Waals surface area contributed by atoms with Gasteiger partial charge in [-0.1, -0.05) is 46.3 Å². The Labute approximate surface area is 149 Å². The molecular weight excluding hydrogens is 366 g/mol. The lowest BCUT2D eigenvalue weighted by molar-refractivity contribution is 0.0950. The fourth-order valence-corrected chi connectivity index (χ4v) is 3.05. The van der Waals surface area contributed by atoms with E-state index in [-0.39, 0.29) is 5.91 Å². The number of carbonyl (C=O) groups is 1. The SMILES string of the molecule is Cc1ccccc1-n1ncc(C(=O)NCc2cccc(Br)c2)c1C. The van der Waals surface area contributed by atoms with Gasteiger partial charge < -0.3 is 5.32 Å². The zero-order valence-electron chi connectivity index (χ0n) is 13.6. The second-order valence-corrected chi connectivity index (χ2v) is 6.57. The third-order valence-corrected chi connectivity index (χ3v) is 4.43. The van der Waals surface area contributed by atoms with Crippen LogP contribution in [0.3, 0.4) is 0 Å². The quantitative estimate of drug-likeness (QED) is 0.734. The Hall–Kier alpha value is -2.40. The van der Waals surface area contributed by atoms with E-state index in [1.165, 1.54) is 0 Å². The van der Waals surface area contributed by atoms with E-state index in [9.17, 15) is 4.79 Å². The predicted molar refractivity (Wildman–Crippen MR) is 98.4 cm³/mol. The second kappa shape index (κ2) is 7.01. The first kappa shape index (κ1) is 16.5. The molecule has 1 amide bonds. The Morgan fingerprint density at radius 2 is 1.96 bits per heavy atom. The average molecular weight is 384 g/mol. The number of hydrogen-bond acceptors (Lipinski definition) is 2. The summed E-state index contributed by atoms with van der Waals surface area (Å²) in [4.78, 5) is 12.5. The number of para-hydroxylation sites is 1. The molecule has 0 aliphatic rings. The van der Waals surface area contributed by atoms with Crippen LogP contribution >= 0.6 is 15.9 Å². The van der Waals surface area contributed by atoms with Crippen molar-refractivity contribution in [2.24, 2.45) is 0 Å². The Kier molecular flexibility index (Phi) is 4.81. The van der Waals surface area contributed by atoms with Crippen molar-refractivity contribution in [1.29, 1.82) is 0 Å². The third-order valence-electron chi connectivity index (χ3n) is 3.94. The fourth-order valence-electron chi connectivity index (χ4n) is 2.60. The summed E-state index contributed by atoms with van der Waals surface area (Å²) in [6.45, 7) is 4.42. The molecular formula is C19H18BrN3O. The molecule has 1 heterocycles. The van der Waals surface area contributed by atoms with Gasteiger partial charge in [0.1, 0.15) is 0 Å². The Morgan fingerprint density at radius 1 is 1.17 bits per heavy atom. The van der Waals surface area contributed by atoms with E-state index in [0.29, 0.717) is 12.1 Å². The molecule has 0 fully saturated rings. The molecule has 4 nitrogen and oxygen atoms in total. The first-order valence-corrected chi connectivity index (χ1v) is 8.49. The van der Waals surface area contributed by atoms with Crippen molar-refractivity contribution >= 4 is 21.8 Å². The van der Waals surface area contributed by atoms with Crippen molar-refractivity contribution in [2.75, 3.05) is 0 Å². The maximum atomic E-state index is 12.5. The lowest BCUT2D eigenvalue weighted by atomic mass is 10.2. The van der Waals surface area contributed by atoms with Gasteiger partial charge in [0.2, 0.25) is 0 Å². The summed E-state index contributed by atoms with van der Waals surface area (Å²) in [5.74, 6) is -0.118. The lowest BCUT2D eigenvalue weighted by Gasteiger charge is -2.09. The highest BCUT2D eigenvalue weighted by Crippen LogP contribution is 2.18. The van der Waals surface area contributed by atoms with Crippen LogP contribution in [0.25, 0.3) is 5.69 Å². The number of hydrogen-bond donors (Lipinski definition) is 1. The number of nitrogens with one attached hydrogen (secondary N) is 1. The lowest BCUT2D eigenvalue weighted by Crippen LogP contribution is -2.23. The normalized spacial score (nSPS) is 10.6. The number of rotatable bonds is 4. The molecule has 2 aromatic carbocycles. The second-order valence-electron chi connectivity index (χ2n) is 5.65. The maximum Gasteiger partial charge on any atom is 0.255 e. The van der Waals surface area contributed by atoms with E-state index in [1.54, 1.807) is 6.20 Å². The van der Waals surface area contributed by atoms with Crippen LogP contribution < -0.4 is 5.32 Å². The van der Waals surface area contributed by atoms with Gasteiger partial charge in [0.05, 0.1) is 23.1 Å². The van der Waals surface area contributed by atoms with Crippen LogP contribution in [0.15, 0.2) is 59.2 Å². The number of aromatic nitrogens is 2. The molecule has 0 radical (unpaired) electrons. The summed E-state index contributed by atoms with van der Waals surface area (Å²) in [6.07, 6.45) is 1.62. The number of benzene rings is 2. The minimum absolute atomic E-state index is 0.118. The minimum Gasteiger partial charge on any atom is -0.348 e. The molecule has 0 atom stereocenters. The van der Waals surface area contributed by atoms with E-state index in [1.807, 2.05) is 67.1 Å². The fraction of sp³-hybridized carbons (Fsp3) is 0.158. The monoisotopic (exact) mass is 383 g/mol. The molecule has 1 N–H and O–H groups in total. The van der Waals surface area contributed by atoms with Gasteiger partial charge in [0, 0.05) is 11.0 Å². The molecule has 0 unspecified atom stereocenters. The van der Waals surface area contributed by atoms with Crippen LogP contribution in [0, 0.1) is 13.8 Å². The zero-order valence-corrected chi connectivity index (χ0v) is 15.2. The van der Waals surface area contributed by atoms with Crippen molar-refractivity contribution in [3.8, 4) is 5.69 Å². The molecule has 3 rings (SSSR count). The summed E-state index contributed by atoms with van der Waals surface area (Å²) >= 11 is 3.44. The van der Waals surface area contributed by atoms with Gasteiger partial charge >= 0.3 is 0 Å². The number of carbonyl (C=O) groups excluding carboxylic acids is 1. The average Bonchev–Trinajstić information content (AvgIpc) is 2.95. The molecule has 1 aromatic heterocycles. The zero-order chi connectivity index (χ0) is 17.1. The van der Waals surface area contributed by atoms with Crippen LogP contribution in [0.1, 0.15) is 27.2 Å². The van der Waals surface area contributed by atoms with Crippen molar-refractivity contribution in [3.05, 3.63) is 81.6 Å². The molecule has 122 valence electrons. The van der Waals surface area contributed by atoms with E-state index in [4.69, 9.17) is 0 Å². The third kappa shape index (κ3) is 3.41. The first-order chi connectivity index (χ1) is 11.6. The smallest absolute Gasteiger partial charge is 0.255 e. The van der Waals surface area contributed by atoms with Gasteiger partial charge in [0.15, 0.2) is 0 Å². The van der Waals surface area contributed by atoms with Gasteiger partial charge in [-0.15, -0.1) is 0 Å². The van der Waals surface area contributed by atoms with Gasteiger partial charge in [-0.05, 0) is 43.2 Å². The standard InChI is InChI=1S/C19H18BrN3O/c1-13-6-3-4-9-18(13)23-14(2)17(12-22-23)19(24)21-11-15-7-5-8-16(20)10-15/h3-10,12H,11H2,1-2H3,(H,21,24). The molecule has 0 saturated heterocycles. The van der Waals surface area contributed by atoms with Crippen molar-refractivity contribution < 1.29 is 4.79 Å². The molecule has 0 saturated carbocycles. The van der Waals surface area contributed by atoms with Gasteiger partial charge in [-0.25, -0.2) is 4.68 Å². The molecule has 0 bridgehead atoms. The molecule has 0 aliphatic carbocycles. The molecule has 0 spiro atoms. The van der Waals surface area contributed by atoms with Crippen molar-refractivity contribution in [1.82, 2.24) is 15.1 Å². The minimum atomic E-state index is -0.118. The highest BCUT2D eigenvalue weighted by atomic mass is 79.9. The number of aryl methyl sites for hydroxylation is 1. The topological polar surface area (TPSA) is 46.9 Å². The molecule has 3 aromatic rings. The summed E-state index contributed by atoms with van der Waals surface area (Å²) in [6, 6.07) is 15.9. The van der Waals surface area contributed by atoms with Crippen LogP contribution in [0.2, 0.25) is 0 Å². The summed E-state index contributed by atoms with van der Waals surface area (Å²) in [5.41, 5.74) is 4.57. The van der Waals surface area contributed by atoms with E-state index < -0.39 is 0 Å². The Balaban J connectivity index is 1.78. The number of amides is 1. The first-order valence-electron chi connectivity index (χ1n) is 7.69. The van der Waals surface area contributed by atoms with E-state index in [2.05, 4.69) is 26.3 Å². The van der Waals surface area contributed by atoms with Gasteiger partial charge in [-0.2, -0.15) is 5.10 Å². The van der Waals surface area contributed by atoms with E-state index in [0.717, 1.165) is 27.0 Å². The predicted octanol–water partition coefficient (Wildman–Crippen LogP) is 4.18. The van der Waals surface area contributed by atoms with Crippen LogP contribution in [-0.2, 0) is 6.54 Å². The molecule has 24 heavy (non-hydrogen) atoms.